The lowest BCUT2D eigenvalue weighted by Crippen LogP contribution is -2.30. The van der Waals surface area contributed by atoms with Gasteiger partial charge in [0.1, 0.15) is 5.82 Å². The fourth-order valence-electron chi connectivity index (χ4n) is 2.12. The largest absolute Gasteiger partial charge is 0.337 e. The Morgan fingerprint density at radius 3 is 2.79 bits per heavy atom. The summed E-state index contributed by atoms with van der Waals surface area (Å²) in [6.07, 6.45) is 3.47. The van der Waals surface area contributed by atoms with Gasteiger partial charge in [0, 0.05) is 23.9 Å². The lowest BCUT2D eigenvalue weighted by atomic mass is 10.1. The second-order valence-corrected chi connectivity index (χ2v) is 5.25. The quantitative estimate of drug-likeness (QED) is 0.794. The number of halogens is 1. The highest BCUT2D eigenvalue weighted by Gasteiger charge is 2.36. The lowest BCUT2D eigenvalue weighted by molar-refractivity contribution is -0.114. The molecule has 0 saturated heterocycles. The van der Waals surface area contributed by atoms with Crippen molar-refractivity contribution >= 4 is 33.3 Å². The van der Waals surface area contributed by atoms with Crippen LogP contribution in [0.25, 0.3) is 0 Å². The van der Waals surface area contributed by atoms with E-state index in [2.05, 4.69) is 20.9 Å². The number of aromatic nitrogens is 2. The standard InChI is InChI=1S/C13H10BrN3O2/c1-16-5-4-15-11(16)7-17-10-3-2-8(14)6-9(10)12(18)13(17)19/h2-6H,7H2,1H3. The first-order valence-corrected chi connectivity index (χ1v) is 6.49. The van der Waals surface area contributed by atoms with Crippen LogP contribution in [-0.2, 0) is 18.4 Å². The van der Waals surface area contributed by atoms with Crippen molar-refractivity contribution in [1.29, 1.82) is 0 Å². The molecule has 0 bridgehead atoms. The summed E-state index contributed by atoms with van der Waals surface area (Å²) in [6.45, 7) is 0.294. The molecule has 1 aliphatic rings. The number of carbonyl (C=O) groups is 2. The average molecular weight is 320 g/mol. The van der Waals surface area contributed by atoms with Crippen LogP contribution in [0.1, 0.15) is 16.2 Å². The summed E-state index contributed by atoms with van der Waals surface area (Å²) in [5, 5.41) is 0. The van der Waals surface area contributed by atoms with Crippen LogP contribution < -0.4 is 4.90 Å². The topological polar surface area (TPSA) is 55.2 Å². The molecule has 3 rings (SSSR count). The summed E-state index contributed by atoms with van der Waals surface area (Å²) in [5.74, 6) is -0.237. The van der Waals surface area contributed by atoms with Gasteiger partial charge < -0.3 is 4.57 Å². The molecule has 0 atom stereocenters. The van der Waals surface area contributed by atoms with Crippen molar-refractivity contribution in [1.82, 2.24) is 9.55 Å². The van der Waals surface area contributed by atoms with Gasteiger partial charge in [-0.3, -0.25) is 14.5 Å². The third-order valence-electron chi connectivity index (χ3n) is 3.15. The Bertz CT molecular complexity index is 693. The summed E-state index contributed by atoms with van der Waals surface area (Å²) >= 11 is 3.31. The van der Waals surface area contributed by atoms with Gasteiger partial charge in [0.25, 0.3) is 11.7 Å². The number of anilines is 1. The summed E-state index contributed by atoms with van der Waals surface area (Å²) in [5.41, 5.74) is 1.08. The molecule has 1 aliphatic heterocycles. The van der Waals surface area contributed by atoms with Gasteiger partial charge >= 0.3 is 0 Å². The minimum atomic E-state index is -0.504. The van der Waals surface area contributed by atoms with Crippen LogP contribution in [-0.4, -0.2) is 21.2 Å². The maximum atomic E-state index is 12.0. The number of nitrogens with zero attached hydrogens (tertiary/aromatic N) is 3. The molecule has 1 aromatic heterocycles. The molecule has 0 N–H and O–H groups in total. The van der Waals surface area contributed by atoms with Crippen molar-refractivity contribution in [2.24, 2.45) is 7.05 Å². The van der Waals surface area contributed by atoms with Gasteiger partial charge in [-0.05, 0) is 18.2 Å². The van der Waals surface area contributed by atoms with E-state index >= 15 is 0 Å². The van der Waals surface area contributed by atoms with Crippen LogP contribution >= 0.6 is 15.9 Å². The number of ketones is 1. The molecule has 19 heavy (non-hydrogen) atoms. The van der Waals surface area contributed by atoms with E-state index in [0.717, 1.165) is 10.3 Å². The summed E-state index contributed by atoms with van der Waals surface area (Å²) in [7, 11) is 1.85. The predicted molar refractivity (Wildman–Crippen MR) is 72.9 cm³/mol. The van der Waals surface area contributed by atoms with Crippen LogP contribution in [0, 0.1) is 0 Å². The summed E-state index contributed by atoms with van der Waals surface area (Å²) in [4.78, 5) is 29.6. The highest BCUT2D eigenvalue weighted by Crippen LogP contribution is 2.32. The number of rotatable bonds is 2. The third kappa shape index (κ3) is 1.88. The number of Topliss-reactive ketones (excluding diaryl/α,β-unsaturated/α-hetero) is 1. The molecule has 0 radical (unpaired) electrons. The molecule has 0 spiro atoms. The number of aryl methyl sites for hydroxylation is 1. The summed E-state index contributed by atoms with van der Waals surface area (Å²) < 4.78 is 2.61. The van der Waals surface area contributed by atoms with Gasteiger partial charge in [0.05, 0.1) is 17.8 Å². The average Bonchev–Trinajstić information content (AvgIpc) is 2.88. The van der Waals surface area contributed by atoms with E-state index in [1.54, 1.807) is 24.5 Å². The second-order valence-electron chi connectivity index (χ2n) is 4.34. The van der Waals surface area contributed by atoms with Gasteiger partial charge in [-0.1, -0.05) is 15.9 Å². The van der Waals surface area contributed by atoms with E-state index in [1.807, 2.05) is 17.7 Å². The van der Waals surface area contributed by atoms with Crippen LogP contribution in [0.4, 0.5) is 5.69 Å². The Kier molecular flexibility index (Phi) is 2.74. The molecule has 0 saturated carbocycles. The molecule has 1 aromatic carbocycles. The Hall–Kier alpha value is -1.95. The highest BCUT2D eigenvalue weighted by atomic mass is 79.9. The molecule has 1 amide bonds. The van der Waals surface area contributed by atoms with Crippen LogP contribution in [0.15, 0.2) is 35.1 Å². The van der Waals surface area contributed by atoms with Gasteiger partial charge in [-0.2, -0.15) is 0 Å². The number of hydrogen-bond donors (Lipinski definition) is 0. The first-order chi connectivity index (χ1) is 9.08. The Morgan fingerprint density at radius 2 is 2.11 bits per heavy atom. The van der Waals surface area contributed by atoms with E-state index in [0.29, 0.717) is 17.8 Å². The Balaban J connectivity index is 2.02. The lowest BCUT2D eigenvalue weighted by Gasteiger charge is -2.16. The zero-order valence-corrected chi connectivity index (χ0v) is 11.7. The van der Waals surface area contributed by atoms with E-state index in [4.69, 9.17) is 0 Å². The maximum Gasteiger partial charge on any atom is 0.299 e. The van der Waals surface area contributed by atoms with Gasteiger partial charge in [0.15, 0.2) is 0 Å². The van der Waals surface area contributed by atoms with Crippen molar-refractivity contribution in [3.05, 3.63) is 46.5 Å². The van der Waals surface area contributed by atoms with Crippen LogP contribution in [0.2, 0.25) is 0 Å². The van der Waals surface area contributed by atoms with Gasteiger partial charge in [-0.15, -0.1) is 0 Å². The van der Waals surface area contributed by atoms with Gasteiger partial charge in [-0.25, -0.2) is 4.98 Å². The first-order valence-electron chi connectivity index (χ1n) is 5.70. The minimum Gasteiger partial charge on any atom is -0.337 e. The summed E-state index contributed by atoms with van der Waals surface area (Å²) in [6, 6.07) is 5.26. The molecule has 0 unspecified atom stereocenters. The smallest absolute Gasteiger partial charge is 0.299 e. The fourth-order valence-corrected chi connectivity index (χ4v) is 2.48. The molecule has 2 aromatic rings. The fraction of sp³-hybridized carbons (Fsp3) is 0.154. The monoisotopic (exact) mass is 319 g/mol. The molecular formula is C13H10BrN3O2. The van der Waals surface area contributed by atoms with Crippen molar-refractivity contribution in [3.8, 4) is 0 Å². The van der Waals surface area contributed by atoms with Crippen molar-refractivity contribution < 1.29 is 9.59 Å². The predicted octanol–water partition coefficient (Wildman–Crippen LogP) is 1.91. The highest BCUT2D eigenvalue weighted by molar-refractivity contribution is 9.10. The van der Waals surface area contributed by atoms with Crippen molar-refractivity contribution in [2.45, 2.75) is 6.54 Å². The van der Waals surface area contributed by atoms with E-state index in [1.165, 1.54) is 4.90 Å². The zero-order chi connectivity index (χ0) is 13.6. The SMILES string of the molecule is Cn1ccnc1CN1C(=O)C(=O)c2cc(Br)ccc21. The van der Waals surface area contributed by atoms with Crippen LogP contribution in [0.3, 0.4) is 0 Å². The number of imidazole rings is 1. The van der Waals surface area contributed by atoms with Crippen LogP contribution in [0.5, 0.6) is 0 Å². The molecule has 0 fully saturated rings. The van der Waals surface area contributed by atoms with Crippen molar-refractivity contribution in [2.75, 3.05) is 4.90 Å². The molecule has 0 aliphatic carbocycles. The Labute approximate surface area is 118 Å². The number of carbonyl (C=O) groups excluding carboxylic acids is 2. The number of fused-ring (bicyclic) bond motifs is 1. The first kappa shape index (κ1) is 12.1. The van der Waals surface area contributed by atoms with E-state index in [9.17, 15) is 9.59 Å². The molecule has 5 nitrogen and oxygen atoms in total. The maximum absolute atomic E-state index is 12.0. The molecule has 96 valence electrons. The second kappa shape index (κ2) is 4.31. The molecule has 6 heteroatoms. The van der Waals surface area contributed by atoms with Crippen molar-refractivity contribution in [3.63, 3.8) is 0 Å². The van der Waals surface area contributed by atoms with Gasteiger partial charge in [0.2, 0.25) is 0 Å². The van der Waals surface area contributed by atoms with E-state index in [-0.39, 0.29) is 0 Å². The molecular weight excluding hydrogens is 310 g/mol. The third-order valence-corrected chi connectivity index (χ3v) is 3.65. The van der Waals surface area contributed by atoms with E-state index < -0.39 is 11.7 Å². The zero-order valence-electron chi connectivity index (χ0n) is 10.1. The number of hydrogen-bond acceptors (Lipinski definition) is 3. The normalized spacial score (nSPS) is 14.1. The molecule has 2 heterocycles. The number of amides is 1. The minimum absolute atomic E-state index is 0.294. The number of benzene rings is 1. The Morgan fingerprint density at radius 1 is 1.32 bits per heavy atom.